The third-order valence-corrected chi connectivity index (χ3v) is 2.81. The van der Waals surface area contributed by atoms with Gasteiger partial charge in [0, 0.05) is 10.2 Å². The van der Waals surface area contributed by atoms with Crippen LogP contribution in [-0.4, -0.2) is 23.9 Å². The predicted molar refractivity (Wildman–Crippen MR) is 74.0 cm³/mol. The smallest absolute Gasteiger partial charge is 0.246 e. The van der Waals surface area contributed by atoms with E-state index >= 15 is 0 Å². The fourth-order valence-corrected chi connectivity index (χ4v) is 1.46. The van der Waals surface area contributed by atoms with Crippen LogP contribution in [0.1, 0.15) is 13.8 Å². The van der Waals surface area contributed by atoms with Crippen LogP contribution in [-0.2, 0) is 9.59 Å². The molecule has 0 aromatic heterocycles. The molecule has 0 spiro atoms. The van der Waals surface area contributed by atoms with Crippen molar-refractivity contribution in [2.45, 2.75) is 25.9 Å². The number of hydrogen-bond acceptors (Lipinski definition) is 3. The number of benzene rings is 1. The molecule has 0 bridgehead atoms. The molecule has 0 aliphatic rings. The predicted octanol–water partition coefficient (Wildman–Crippen LogP) is 1.24. The largest absolute Gasteiger partial charge is 0.343 e. The van der Waals surface area contributed by atoms with E-state index in [-0.39, 0.29) is 11.8 Å². The van der Waals surface area contributed by atoms with E-state index in [1.54, 1.807) is 26.0 Å². The maximum absolute atomic E-state index is 11.8. The van der Waals surface area contributed by atoms with E-state index in [1.807, 2.05) is 12.1 Å². The van der Waals surface area contributed by atoms with Crippen molar-refractivity contribution in [3.05, 3.63) is 28.7 Å². The topological polar surface area (TPSA) is 84.2 Å². The molecule has 1 rings (SSSR count). The summed E-state index contributed by atoms with van der Waals surface area (Å²) in [6.45, 7) is 3.17. The summed E-state index contributed by atoms with van der Waals surface area (Å²) in [7, 11) is 0. The molecule has 0 unspecified atom stereocenters. The van der Waals surface area contributed by atoms with Gasteiger partial charge in [0.15, 0.2) is 0 Å². The van der Waals surface area contributed by atoms with Crippen LogP contribution >= 0.6 is 15.9 Å². The molecule has 0 aliphatic carbocycles. The van der Waals surface area contributed by atoms with E-state index in [9.17, 15) is 9.59 Å². The monoisotopic (exact) mass is 313 g/mol. The third kappa shape index (κ3) is 4.46. The molecule has 0 radical (unpaired) electrons. The van der Waals surface area contributed by atoms with Crippen molar-refractivity contribution in [2.75, 3.05) is 5.32 Å². The molecule has 0 saturated carbocycles. The molecule has 18 heavy (non-hydrogen) atoms. The van der Waals surface area contributed by atoms with Gasteiger partial charge in [0.25, 0.3) is 0 Å². The number of nitrogens with one attached hydrogen (secondary N) is 2. The Labute approximate surface area is 114 Å². The van der Waals surface area contributed by atoms with Crippen LogP contribution in [0, 0.1) is 0 Å². The number of carbonyl (C=O) groups is 2. The Morgan fingerprint density at radius 3 is 2.22 bits per heavy atom. The molecular weight excluding hydrogens is 298 g/mol. The first kappa shape index (κ1) is 14.7. The summed E-state index contributed by atoms with van der Waals surface area (Å²) in [4.78, 5) is 23.1. The van der Waals surface area contributed by atoms with Gasteiger partial charge in [-0.3, -0.25) is 9.59 Å². The van der Waals surface area contributed by atoms with Crippen LogP contribution in [0.5, 0.6) is 0 Å². The number of rotatable bonds is 4. The highest BCUT2D eigenvalue weighted by Crippen LogP contribution is 2.14. The van der Waals surface area contributed by atoms with Crippen LogP contribution in [0.4, 0.5) is 5.69 Å². The van der Waals surface area contributed by atoms with Gasteiger partial charge < -0.3 is 16.4 Å². The first-order valence-electron chi connectivity index (χ1n) is 5.52. The molecule has 1 aromatic carbocycles. The summed E-state index contributed by atoms with van der Waals surface area (Å²) >= 11 is 3.31. The number of nitrogens with two attached hydrogens (primary N) is 1. The van der Waals surface area contributed by atoms with E-state index in [0.29, 0.717) is 5.69 Å². The molecule has 0 saturated heterocycles. The van der Waals surface area contributed by atoms with Crippen molar-refractivity contribution in [3.63, 3.8) is 0 Å². The normalized spacial score (nSPS) is 13.6. The first-order chi connectivity index (χ1) is 8.40. The highest BCUT2D eigenvalue weighted by atomic mass is 79.9. The van der Waals surface area contributed by atoms with E-state index < -0.39 is 12.1 Å². The lowest BCUT2D eigenvalue weighted by Gasteiger charge is -2.15. The molecule has 0 fully saturated rings. The Kier molecular flexibility index (Phi) is 5.30. The van der Waals surface area contributed by atoms with Crippen LogP contribution in [0.25, 0.3) is 0 Å². The van der Waals surface area contributed by atoms with Crippen LogP contribution < -0.4 is 16.4 Å². The molecular formula is C12H16BrN3O2. The maximum atomic E-state index is 11.8. The number of anilines is 1. The molecule has 2 amide bonds. The van der Waals surface area contributed by atoms with Gasteiger partial charge in [0.1, 0.15) is 6.04 Å². The molecule has 0 heterocycles. The lowest BCUT2D eigenvalue weighted by Crippen LogP contribution is -2.47. The average Bonchev–Trinajstić information content (AvgIpc) is 2.31. The minimum absolute atomic E-state index is 0.286. The lowest BCUT2D eigenvalue weighted by molar-refractivity contribution is -0.126. The number of amides is 2. The Morgan fingerprint density at radius 2 is 1.72 bits per heavy atom. The fourth-order valence-electron chi connectivity index (χ4n) is 1.19. The minimum atomic E-state index is -0.632. The van der Waals surface area contributed by atoms with Gasteiger partial charge >= 0.3 is 0 Å². The fraction of sp³-hybridized carbons (Fsp3) is 0.333. The van der Waals surface area contributed by atoms with Gasteiger partial charge in [-0.25, -0.2) is 0 Å². The summed E-state index contributed by atoms with van der Waals surface area (Å²) in [6, 6.07) is 5.91. The molecule has 98 valence electrons. The second kappa shape index (κ2) is 6.51. The highest BCUT2D eigenvalue weighted by Gasteiger charge is 2.17. The third-order valence-electron chi connectivity index (χ3n) is 2.28. The number of hydrogen-bond donors (Lipinski definition) is 3. The van der Waals surface area contributed by atoms with Gasteiger partial charge in [-0.15, -0.1) is 0 Å². The molecule has 5 nitrogen and oxygen atoms in total. The summed E-state index contributed by atoms with van der Waals surface area (Å²) in [5.74, 6) is -0.639. The van der Waals surface area contributed by atoms with Crippen molar-refractivity contribution in [3.8, 4) is 0 Å². The molecule has 0 aliphatic heterocycles. The van der Waals surface area contributed by atoms with Crippen molar-refractivity contribution in [2.24, 2.45) is 5.73 Å². The SMILES string of the molecule is C[C@H](N)C(=O)N[C@@H](C)C(=O)Nc1ccc(Br)cc1. The minimum Gasteiger partial charge on any atom is -0.343 e. The van der Waals surface area contributed by atoms with Gasteiger partial charge in [-0.1, -0.05) is 15.9 Å². The van der Waals surface area contributed by atoms with Gasteiger partial charge in [0.05, 0.1) is 6.04 Å². The van der Waals surface area contributed by atoms with Crippen LogP contribution in [0.15, 0.2) is 28.7 Å². The summed E-state index contributed by atoms with van der Waals surface area (Å²) in [5, 5.41) is 5.22. The van der Waals surface area contributed by atoms with E-state index in [2.05, 4.69) is 26.6 Å². The zero-order chi connectivity index (χ0) is 13.7. The van der Waals surface area contributed by atoms with Crippen molar-refractivity contribution in [1.82, 2.24) is 5.32 Å². The van der Waals surface area contributed by atoms with Gasteiger partial charge in [0.2, 0.25) is 11.8 Å². The van der Waals surface area contributed by atoms with Gasteiger partial charge in [-0.05, 0) is 38.1 Å². The van der Waals surface area contributed by atoms with Gasteiger partial charge in [-0.2, -0.15) is 0 Å². The average molecular weight is 314 g/mol. The summed E-state index contributed by atoms with van der Waals surface area (Å²) < 4.78 is 0.929. The van der Waals surface area contributed by atoms with Crippen LogP contribution in [0.3, 0.4) is 0 Å². The lowest BCUT2D eigenvalue weighted by atomic mass is 10.2. The van der Waals surface area contributed by atoms with Crippen molar-refractivity contribution < 1.29 is 9.59 Å². The molecule has 6 heteroatoms. The van der Waals surface area contributed by atoms with Crippen LogP contribution in [0.2, 0.25) is 0 Å². The standard InChI is InChI=1S/C12H16BrN3O2/c1-7(14)11(17)15-8(2)12(18)16-10-5-3-9(13)4-6-10/h3-8H,14H2,1-2H3,(H,15,17)(H,16,18)/t7-,8-/m0/s1. The second-order valence-electron chi connectivity index (χ2n) is 4.02. The van der Waals surface area contributed by atoms with E-state index in [1.165, 1.54) is 0 Å². The maximum Gasteiger partial charge on any atom is 0.246 e. The summed E-state index contributed by atoms with van der Waals surface area (Å²) in [5.41, 5.74) is 6.08. The summed E-state index contributed by atoms with van der Waals surface area (Å²) in [6.07, 6.45) is 0. The molecule has 4 N–H and O–H groups in total. The Morgan fingerprint density at radius 1 is 1.17 bits per heavy atom. The van der Waals surface area contributed by atoms with Crippen molar-refractivity contribution in [1.29, 1.82) is 0 Å². The highest BCUT2D eigenvalue weighted by molar-refractivity contribution is 9.10. The number of carbonyl (C=O) groups excluding carboxylic acids is 2. The van der Waals surface area contributed by atoms with E-state index in [0.717, 1.165) is 4.47 Å². The molecule has 2 atom stereocenters. The number of halogens is 1. The van der Waals surface area contributed by atoms with E-state index in [4.69, 9.17) is 5.73 Å². The zero-order valence-corrected chi connectivity index (χ0v) is 11.8. The Hall–Kier alpha value is -1.40. The Balaban J connectivity index is 2.54. The Bertz CT molecular complexity index is 431. The zero-order valence-electron chi connectivity index (χ0n) is 10.2. The second-order valence-corrected chi connectivity index (χ2v) is 4.93. The molecule has 1 aromatic rings. The van der Waals surface area contributed by atoms with Crippen molar-refractivity contribution >= 4 is 33.4 Å². The first-order valence-corrected chi connectivity index (χ1v) is 6.32. The quantitative estimate of drug-likeness (QED) is 0.782.